The average Bonchev–Trinajstić information content (AvgIpc) is 2.89. The molecule has 2 aliphatic rings. The first kappa shape index (κ1) is 12.5. The maximum atomic E-state index is 12.0. The van der Waals surface area contributed by atoms with E-state index in [9.17, 15) is 14.4 Å². The van der Waals surface area contributed by atoms with E-state index in [0.29, 0.717) is 25.1 Å². The van der Waals surface area contributed by atoms with E-state index in [1.807, 2.05) is 0 Å². The molecule has 0 radical (unpaired) electrons. The van der Waals surface area contributed by atoms with Crippen LogP contribution in [0.15, 0.2) is 9.59 Å². The van der Waals surface area contributed by atoms with Gasteiger partial charge in [0.25, 0.3) is 11.1 Å². The van der Waals surface area contributed by atoms with Crippen LogP contribution in [0.4, 0.5) is 0 Å². The van der Waals surface area contributed by atoms with Gasteiger partial charge in [-0.3, -0.25) is 14.2 Å². The minimum Gasteiger partial charge on any atom is -0.477 e. The Morgan fingerprint density at radius 3 is 2.47 bits per heavy atom. The molecular formula is C10H6N2O4S3. The smallest absolute Gasteiger partial charge is 0.349 e. The number of aromatic carboxylic acids is 1. The van der Waals surface area contributed by atoms with Gasteiger partial charge in [-0.05, 0) is 18.5 Å². The molecule has 0 spiro atoms. The SMILES string of the molecule is CCn1c(=O)c2sc3nsc(C(=O)O)c3sc=2c1=O. The molecule has 0 saturated heterocycles. The van der Waals surface area contributed by atoms with Crippen molar-refractivity contribution >= 4 is 49.7 Å². The monoisotopic (exact) mass is 314 g/mol. The Hall–Kier alpha value is -1.58. The van der Waals surface area contributed by atoms with Gasteiger partial charge >= 0.3 is 5.97 Å². The van der Waals surface area contributed by atoms with E-state index in [2.05, 4.69) is 4.37 Å². The molecule has 1 aromatic rings. The van der Waals surface area contributed by atoms with E-state index >= 15 is 0 Å². The molecule has 0 fully saturated rings. The molecule has 0 aliphatic carbocycles. The molecule has 1 aromatic heterocycles. The molecule has 2 aliphatic heterocycles. The van der Waals surface area contributed by atoms with E-state index in [0.717, 1.165) is 38.8 Å². The van der Waals surface area contributed by atoms with Crippen molar-refractivity contribution in [3.05, 3.63) is 34.6 Å². The second kappa shape index (κ2) is 4.22. The van der Waals surface area contributed by atoms with E-state index in [4.69, 9.17) is 5.11 Å². The van der Waals surface area contributed by atoms with Gasteiger partial charge in [0.15, 0.2) is 4.88 Å². The molecule has 3 heterocycles. The van der Waals surface area contributed by atoms with Crippen LogP contribution in [0, 0.1) is 9.06 Å². The molecule has 6 nitrogen and oxygen atoms in total. The maximum Gasteiger partial charge on any atom is 0.349 e. The lowest BCUT2D eigenvalue weighted by molar-refractivity contribution is 0.0704. The molecule has 0 saturated carbocycles. The lowest BCUT2D eigenvalue weighted by Gasteiger charge is -1.88. The zero-order valence-electron chi connectivity index (χ0n) is 9.50. The second-order valence-electron chi connectivity index (χ2n) is 3.67. The maximum absolute atomic E-state index is 12.0. The first-order chi connectivity index (χ1) is 9.04. The van der Waals surface area contributed by atoms with Crippen molar-refractivity contribution in [3.63, 3.8) is 0 Å². The van der Waals surface area contributed by atoms with Crippen molar-refractivity contribution in [2.45, 2.75) is 13.5 Å². The number of carboxylic acids is 1. The highest BCUT2D eigenvalue weighted by molar-refractivity contribution is 7.29. The van der Waals surface area contributed by atoms with Crippen molar-refractivity contribution in [2.24, 2.45) is 0 Å². The number of rotatable bonds is 2. The fraction of sp³-hybridized carbons (Fsp3) is 0.200. The quantitative estimate of drug-likeness (QED) is 0.772. The summed E-state index contributed by atoms with van der Waals surface area (Å²) in [6, 6.07) is 0. The van der Waals surface area contributed by atoms with Crippen LogP contribution < -0.4 is 11.1 Å². The van der Waals surface area contributed by atoms with Gasteiger partial charge in [0.05, 0.1) is 4.70 Å². The molecule has 98 valence electrons. The fourth-order valence-electron chi connectivity index (χ4n) is 1.76. The molecule has 0 unspecified atom stereocenters. The van der Waals surface area contributed by atoms with Gasteiger partial charge in [0, 0.05) is 6.54 Å². The Labute approximate surface area is 117 Å². The number of hydrogen-bond acceptors (Lipinski definition) is 7. The summed E-state index contributed by atoms with van der Waals surface area (Å²) >= 11 is 2.98. The Morgan fingerprint density at radius 1 is 1.26 bits per heavy atom. The van der Waals surface area contributed by atoms with Crippen LogP contribution in [0.1, 0.15) is 16.6 Å². The Balaban J connectivity index is 2.57. The average molecular weight is 314 g/mol. The second-order valence-corrected chi connectivity index (χ2v) is 6.46. The van der Waals surface area contributed by atoms with Crippen LogP contribution >= 0.6 is 34.2 Å². The largest absolute Gasteiger partial charge is 0.477 e. The molecule has 0 atom stereocenters. The first-order valence-electron chi connectivity index (χ1n) is 5.23. The predicted octanol–water partition coefficient (Wildman–Crippen LogP) is 1.38. The summed E-state index contributed by atoms with van der Waals surface area (Å²) in [6.07, 6.45) is 0. The Bertz CT molecular complexity index is 977. The number of fused-ring (bicyclic) bond motifs is 1. The van der Waals surface area contributed by atoms with Crippen molar-refractivity contribution in [3.8, 4) is 0 Å². The summed E-state index contributed by atoms with van der Waals surface area (Å²) in [7, 11) is 0. The Kier molecular flexibility index (Phi) is 2.77. The first-order valence-corrected chi connectivity index (χ1v) is 7.64. The molecule has 1 N–H and O–H groups in total. The normalized spacial score (nSPS) is 11.4. The number of aromatic nitrogens is 2. The predicted molar refractivity (Wildman–Crippen MR) is 73.8 cm³/mol. The van der Waals surface area contributed by atoms with E-state index in [1.54, 1.807) is 6.92 Å². The number of hydrogen-bond donors (Lipinski definition) is 1. The zero-order valence-corrected chi connectivity index (χ0v) is 11.9. The van der Waals surface area contributed by atoms with Gasteiger partial charge in [0.1, 0.15) is 13.9 Å². The van der Waals surface area contributed by atoms with Crippen LogP contribution in [0.5, 0.6) is 0 Å². The summed E-state index contributed by atoms with van der Waals surface area (Å²) in [5, 5.41) is 9.06. The van der Waals surface area contributed by atoms with Crippen LogP contribution in [-0.2, 0) is 6.54 Å². The van der Waals surface area contributed by atoms with E-state index in [-0.39, 0.29) is 16.0 Å². The van der Waals surface area contributed by atoms with E-state index < -0.39 is 5.97 Å². The molecule has 3 rings (SSSR count). The minimum absolute atomic E-state index is 0.106. The van der Waals surface area contributed by atoms with Gasteiger partial charge in [-0.15, -0.1) is 22.7 Å². The van der Waals surface area contributed by atoms with Crippen molar-refractivity contribution < 1.29 is 9.90 Å². The lowest BCUT2D eigenvalue weighted by Crippen LogP contribution is -2.24. The molecule has 19 heavy (non-hydrogen) atoms. The summed E-state index contributed by atoms with van der Waals surface area (Å²) in [4.78, 5) is 35.7. The highest BCUT2D eigenvalue weighted by Gasteiger charge is 2.18. The number of carboxylic acid groups (broad SMARTS) is 1. The molecule has 9 heteroatoms. The van der Waals surface area contributed by atoms with Crippen LogP contribution in [0.2, 0.25) is 0 Å². The van der Waals surface area contributed by atoms with E-state index in [1.165, 1.54) is 0 Å². The van der Waals surface area contributed by atoms with Gasteiger partial charge < -0.3 is 5.11 Å². The molecule has 0 aromatic carbocycles. The van der Waals surface area contributed by atoms with Crippen molar-refractivity contribution in [1.82, 2.24) is 8.94 Å². The molecular weight excluding hydrogens is 308 g/mol. The van der Waals surface area contributed by atoms with Gasteiger partial charge in [-0.2, -0.15) is 4.37 Å². The highest BCUT2D eigenvalue weighted by atomic mass is 32.1. The highest BCUT2D eigenvalue weighted by Crippen LogP contribution is 2.29. The topological polar surface area (TPSA) is 89.3 Å². The molecule has 0 bridgehead atoms. The fourth-order valence-corrected chi connectivity index (χ4v) is 5.06. The van der Waals surface area contributed by atoms with Gasteiger partial charge in [-0.25, -0.2) is 4.79 Å². The van der Waals surface area contributed by atoms with Gasteiger partial charge in [-0.1, -0.05) is 0 Å². The number of nitrogens with zero attached hydrogens (tertiary/aromatic N) is 2. The standard InChI is InChI=1S/C10H6N2O4S3/c1-2-12-8(13)4-5(9(12)14)18-7-3(17-4)6(10(15)16)19-11-7/h2H2,1H3,(H,15,16). The van der Waals surface area contributed by atoms with Crippen molar-refractivity contribution in [2.75, 3.05) is 0 Å². The number of carbonyl (C=O) groups is 1. The third-order valence-electron chi connectivity index (χ3n) is 2.62. The third-order valence-corrected chi connectivity index (χ3v) is 6.21. The Morgan fingerprint density at radius 2 is 1.89 bits per heavy atom. The summed E-state index contributed by atoms with van der Waals surface area (Å²) in [5.74, 6) is -1.07. The van der Waals surface area contributed by atoms with Crippen LogP contribution in [-0.4, -0.2) is 20.0 Å². The zero-order chi connectivity index (χ0) is 13.7. The summed E-state index contributed by atoms with van der Waals surface area (Å²) in [6.45, 7) is 2.03. The molecule has 0 amide bonds. The summed E-state index contributed by atoms with van der Waals surface area (Å²) in [5.41, 5.74) is -0.677. The lowest BCUT2D eigenvalue weighted by atomic mass is 10.5. The third kappa shape index (κ3) is 1.66. The van der Waals surface area contributed by atoms with Crippen LogP contribution in [0.3, 0.4) is 0 Å². The van der Waals surface area contributed by atoms with Crippen LogP contribution in [0.25, 0.3) is 9.53 Å². The van der Waals surface area contributed by atoms with Gasteiger partial charge in [0.2, 0.25) is 0 Å². The summed E-state index contributed by atoms with van der Waals surface area (Å²) < 4.78 is 6.31. The minimum atomic E-state index is -1.07. The van der Waals surface area contributed by atoms with Crippen molar-refractivity contribution in [1.29, 1.82) is 0 Å².